The van der Waals surface area contributed by atoms with Gasteiger partial charge in [-0.25, -0.2) is 4.79 Å². The van der Waals surface area contributed by atoms with Gasteiger partial charge in [0.05, 0.1) is 11.7 Å². The van der Waals surface area contributed by atoms with Crippen LogP contribution in [-0.2, 0) is 6.42 Å². The van der Waals surface area contributed by atoms with Gasteiger partial charge in [-0.05, 0) is 32.0 Å². The number of carboxylic acids is 1. The number of nitrogens with zero attached hydrogens (tertiary/aromatic N) is 1. The van der Waals surface area contributed by atoms with E-state index < -0.39 is 5.97 Å². The fourth-order valence-electron chi connectivity index (χ4n) is 1.80. The summed E-state index contributed by atoms with van der Waals surface area (Å²) in [6.45, 7) is 3.06. The third-order valence-electron chi connectivity index (χ3n) is 2.59. The summed E-state index contributed by atoms with van der Waals surface area (Å²) in [5.41, 5.74) is 1.19. The first kappa shape index (κ1) is 13.7. The van der Waals surface area contributed by atoms with Gasteiger partial charge >= 0.3 is 5.97 Å². The standard InChI is InChI=1S/C13H19NO3/c1-10(15)9-14(2)8-7-11-5-3-4-6-12(11)13(16)17/h3-6,10,15H,7-9H2,1-2H3,(H,16,17). The molecule has 4 nitrogen and oxygen atoms in total. The minimum absolute atomic E-state index is 0.359. The second kappa shape index (κ2) is 6.37. The van der Waals surface area contributed by atoms with Gasteiger partial charge in [0.15, 0.2) is 0 Å². The molecule has 0 aromatic heterocycles. The molecule has 0 radical (unpaired) electrons. The minimum Gasteiger partial charge on any atom is -0.478 e. The number of hydrogen-bond donors (Lipinski definition) is 2. The summed E-state index contributed by atoms with van der Waals surface area (Å²) in [5, 5.41) is 18.2. The van der Waals surface area contributed by atoms with Gasteiger partial charge in [0, 0.05) is 13.1 Å². The smallest absolute Gasteiger partial charge is 0.335 e. The third-order valence-corrected chi connectivity index (χ3v) is 2.59. The van der Waals surface area contributed by atoms with Gasteiger partial charge in [-0.3, -0.25) is 0 Å². The molecule has 0 fully saturated rings. The number of carboxylic acid groups (broad SMARTS) is 1. The summed E-state index contributed by atoms with van der Waals surface area (Å²) < 4.78 is 0. The second-order valence-electron chi connectivity index (χ2n) is 4.32. The molecule has 0 amide bonds. The van der Waals surface area contributed by atoms with Crippen molar-refractivity contribution >= 4 is 5.97 Å². The highest BCUT2D eigenvalue weighted by molar-refractivity contribution is 5.89. The van der Waals surface area contributed by atoms with Crippen LogP contribution in [0, 0.1) is 0 Å². The van der Waals surface area contributed by atoms with Crippen LogP contribution in [-0.4, -0.2) is 47.3 Å². The number of aliphatic hydroxyl groups excluding tert-OH is 1. The first-order valence-electron chi connectivity index (χ1n) is 5.68. The maximum Gasteiger partial charge on any atom is 0.335 e. The van der Waals surface area contributed by atoms with E-state index in [1.54, 1.807) is 19.1 Å². The van der Waals surface area contributed by atoms with E-state index in [1.165, 1.54) is 0 Å². The fourth-order valence-corrected chi connectivity index (χ4v) is 1.80. The summed E-state index contributed by atoms with van der Waals surface area (Å²) in [6, 6.07) is 7.02. The van der Waals surface area contributed by atoms with Gasteiger partial charge in [0.2, 0.25) is 0 Å². The topological polar surface area (TPSA) is 60.8 Å². The Bertz CT molecular complexity index is 377. The number of carbonyl (C=O) groups is 1. The Labute approximate surface area is 101 Å². The lowest BCUT2D eigenvalue weighted by atomic mass is 10.0. The number of rotatable bonds is 6. The van der Waals surface area contributed by atoms with E-state index >= 15 is 0 Å². The normalized spacial score (nSPS) is 12.7. The molecule has 0 saturated carbocycles. The second-order valence-corrected chi connectivity index (χ2v) is 4.32. The molecule has 1 rings (SSSR count). The Hall–Kier alpha value is -1.39. The van der Waals surface area contributed by atoms with E-state index in [9.17, 15) is 9.90 Å². The Morgan fingerprint density at radius 1 is 1.41 bits per heavy atom. The quantitative estimate of drug-likeness (QED) is 0.781. The van der Waals surface area contributed by atoms with Crippen molar-refractivity contribution in [3.8, 4) is 0 Å². The van der Waals surface area contributed by atoms with Crippen molar-refractivity contribution < 1.29 is 15.0 Å². The van der Waals surface area contributed by atoms with E-state index in [-0.39, 0.29) is 6.10 Å². The Balaban J connectivity index is 2.60. The van der Waals surface area contributed by atoms with E-state index in [2.05, 4.69) is 0 Å². The lowest BCUT2D eigenvalue weighted by Gasteiger charge is -2.18. The number of hydrogen-bond acceptors (Lipinski definition) is 3. The molecule has 0 spiro atoms. The molecule has 2 N–H and O–H groups in total. The van der Waals surface area contributed by atoms with Crippen molar-refractivity contribution in [1.82, 2.24) is 4.90 Å². The zero-order valence-corrected chi connectivity index (χ0v) is 10.3. The van der Waals surface area contributed by atoms with E-state index in [0.717, 1.165) is 12.1 Å². The largest absolute Gasteiger partial charge is 0.478 e. The molecule has 0 bridgehead atoms. The van der Waals surface area contributed by atoms with Gasteiger partial charge < -0.3 is 15.1 Å². The molecule has 4 heteroatoms. The SMILES string of the molecule is CC(O)CN(C)CCc1ccccc1C(=O)O. The summed E-state index contributed by atoms with van der Waals surface area (Å²) in [4.78, 5) is 13.0. The summed E-state index contributed by atoms with van der Waals surface area (Å²) in [7, 11) is 1.91. The molecular formula is C13H19NO3. The fraction of sp³-hybridized carbons (Fsp3) is 0.462. The zero-order chi connectivity index (χ0) is 12.8. The van der Waals surface area contributed by atoms with Crippen molar-refractivity contribution in [2.24, 2.45) is 0 Å². The van der Waals surface area contributed by atoms with Crippen LogP contribution >= 0.6 is 0 Å². The van der Waals surface area contributed by atoms with E-state index in [1.807, 2.05) is 24.1 Å². The van der Waals surface area contributed by atoms with Gasteiger partial charge in [-0.15, -0.1) is 0 Å². The molecule has 0 aliphatic rings. The van der Waals surface area contributed by atoms with Crippen LogP contribution in [0.2, 0.25) is 0 Å². The first-order valence-corrected chi connectivity index (χ1v) is 5.68. The molecular weight excluding hydrogens is 218 g/mol. The molecule has 0 aliphatic carbocycles. The van der Waals surface area contributed by atoms with Gasteiger partial charge in [-0.1, -0.05) is 18.2 Å². The van der Waals surface area contributed by atoms with Crippen molar-refractivity contribution in [3.05, 3.63) is 35.4 Å². The number of likely N-dealkylation sites (N-methyl/N-ethyl adjacent to an activating group) is 1. The number of aliphatic hydroxyl groups is 1. The Morgan fingerprint density at radius 3 is 2.65 bits per heavy atom. The maximum atomic E-state index is 11.0. The van der Waals surface area contributed by atoms with Crippen LogP contribution in [0.5, 0.6) is 0 Å². The van der Waals surface area contributed by atoms with Gasteiger partial charge in [-0.2, -0.15) is 0 Å². The lowest BCUT2D eigenvalue weighted by Crippen LogP contribution is -2.29. The van der Waals surface area contributed by atoms with Crippen LogP contribution in [0.25, 0.3) is 0 Å². The molecule has 94 valence electrons. The highest BCUT2D eigenvalue weighted by Crippen LogP contribution is 2.10. The number of benzene rings is 1. The molecule has 1 unspecified atom stereocenters. The summed E-state index contributed by atoms with van der Waals surface area (Å²) in [5.74, 6) is -0.890. The Morgan fingerprint density at radius 2 is 2.06 bits per heavy atom. The van der Waals surface area contributed by atoms with E-state index in [4.69, 9.17) is 5.11 Å². The molecule has 17 heavy (non-hydrogen) atoms. The molecule has 0 saturated heterocycles. The van der Waals surface area contributed by atoms with E-state index in [0.29, 0.717) is 18.5 Å². The Kier molecular flexibility index (Phi) is 5.12. The lowest BCUT2D eigenvalue weighted by molar-refractivity contribution is 0.0695. The third kappa shape index (κ3) is 4.54. The predicted octanol–water partition coefficient (Wildman–Crippen LogP) is 1.24. The number of aromatic carboxylic acids is 1. The zero-order valence-electron chi connectivity index (χ0n) is 10.3. The van der Waals surface area contributed by atoms with Crippen molar-refractivity contribution in [2.75, 3.05) is 20.1 Å². The average Bonchev–Trinajstić information content (AvgIpc) is 2.25. The average molecular weight is 237 g/mol. The highest BCUT2D eigenvalue weighted by atomic mass is 16.4. The van der Waals surface area contributed by atoms with Crippen LogP contribution in [0.1, 0.15) is 22.8 Å². The first-order chi connectivity index (χ1) is 8.00. The maximum absolute atomic E-state index is 11.0. The van der Waals surface area contributed by atoms with Crippen LogP contribution < -0.4 is 0 Å². The highest BCUT2D eigenvalue weighted by Gasteiger charge is 2.10. The van der Waals surface area contributed by atoms with Crippen LogP contribution in [0.4, 0.5) is 0 Å². The molecule has 0 heterocycles. The van der Waals surface area contributed by atoms with Crippen LogP contribution in [0.15, 0.2) is 24.3 Å². The van der Waals surface area contributed by atoms with Crippen LogP contribution in [0.3, 0.4) is 0 Å². The van der Waals surface area contributed by atoms with Gasteiger partial charge in [0.1, 0.15) is 0 Å². The van der Waals surface area contributed by atoms with Crippen molar-refractivity contribution in [1.29, 1.82) is 0 Å². The monoisotopic (exact) mass is 237 g/mol. The molecule has 1 atom stereocenters. The van der Waals surface area contributed by atoms with Crippen molar-refractivity contribution in [3.63, 3.8) is 0 Å². The molecule has 1 aromatic carbocycles. The summed E-state index contributed by atoms with van der Waals surface area (Å²) >= 11 is 0. The van der Waals surface area contributed by atoms with Gasteiger partial charge in [0.25, 0.3) is 0 Å². The molecule has 1 aromatic rings. The predicted molar refractivity (Wildman–Crippen MR) is 66.3 cm³/mol. The minimum atomic E-state index is -0.890. The summed E-state index contributed by atoms with van der Waals surface area (Å²) in [6.07, 6.45) is 0.306. The molecule has 0 aliphatic heterocycles. The van der Waals surface area contributed by atoms with Crippen molar-refractivity contribution in [2.45, 2.75) is 19.4 Å².